The van der Waals surface area contributed by atoms with Crippen molar-refractivity contribution >= 4 is 34.8 Å². The largest absolute Gasteiger partial charge is 0.321 e. The standard InChI is InChI=1S/C14H11Cl2N5O/c15-11-3-2-10(8-12(11)16)18-14(22)13-4-7-21(19-13)9-20-6-1-5-17-20/h1-8H,9H2,(H,18,22). The number of amides is 1. The predicted molar refractivity (Wildman–Crippen MR) is 84.3 cm³/mol. The van der Waals surface area contributed by atoms with Crippen molar-refractivity contribution in [3.05, 3.63) is 64.7 Å². The summed E-state index contributed by atoms with van der Waals surface area (Å²) in [4.78, 5) is 12.1. The highest BCUT2D eigenvalue weighted by atomic mass is 35.5. The van der Waals surface area contributed by atoms with Crippen LogP contribution in [0.25, 0.3) is 0 Å². The van der Waals surface area contributed by atoms with E-state index in [1.165, 1.54) is 0 Å². The van der Waals surface area contributed by atoms with E-state index in [-0.39, 0.29) is 5.91 Å². The first-order valence-corrected chi connectivity index (χ1v) is 7.15. The van der Waals surface area contributed by atoms with E-state index in [1.54, 1.807) is 46.0 Å². The van der Waals surface area contributed by atoms with Crippen molar-refractivity contribution in [2.45, 2.75) is 6.67 Å². The number of aromatic nitrogens is 4. The van der Waals surface area contributed by atoms with Gasteiger partial charge >= 0.3 is 0 Å². The van der Waals surface area contributed by atoms with Gasteiger partial charge in [-0.1, -0.05) is 23.2 Å². The Hall–Kier alpha value is -2.31. The summed E-state index contributed by atoms with van der Waals surface area (Å²) in [7, 11) is 0. The Morgan fingerprint density at radius 3 is 2.73 bits per heavy atom. The van der Waals surface area contributed by atoms with Crippen LogP contribution in [0.4, 0.5) is 5.69 Å². The van der Waals surface area contributed by atoms with E-state index in [4.69, 9.17) is 23.2 Å². The van der Waals surface area contributed by atoms with E-state index in [0.717, 1.165) is 0 Å². The van der Waals surface area contributed by atoms with E-state index < -0.39 is 0 Å². The molecule has 3 rings (SSSR count). The van der Waals surface area contributed by atoms with Crippen LogP contribution in [-0.4, -0.2) is 25.5 Å². The number of carbonyl (C=O) groups is 1. The van der Waals surface area contributed by atoms with E-state index in [0.29, 0.717) is 28.1 Å². The number of benzene rings is 1. The summed E-state index contributed by atoms with van der Waals surface area (Å²) in [6.07, 6.45) is 5.21. The maximum absolute atomic E-state index is 12.1. The van der Waals surface area contributed by atoms with Crippen LogP contribution in [0.5, 0.6) is 0 Å². The monoisotopic (exact) mass is 335 g/mol. The van der Waals surface area contributed by atoms with Crippen molar-refractivity contribution in [1.29, 1.82) is 0 Å². The molecule has 0 atom stereocenters. The van der Waals surface area contributed by atoms with Gasteiger partial charge in [0.15, 0.2) is 5.69 Å². The lowest BCUT2D eigenvalue weighted by Crippen LogP contribution is -2.14. The second-order valence-corrected chi connectivity index (χ2v) is 5.32. The zero-order chi connectivity index (χ0) is 15.5. The van der Waals surface area contributed by atoms with Crippen molar-refractivity contribution in [2.75, 3.05) is 5.32 Å². The molecule has 3 aromatic rings. The second kappa shape index (κ2) is 6.21. The SMILES string of the molecule is O=C(Nc1ccc(Cl)c(Cl)c1)c1ccn(Cn2cccn2)n1. The number of hydrogen-bond acceptors (Lipinski definition) is 3. The molecule has 8 heteroatoms. The molecule has 22 heavy (non-hydrogen) atoms. The minimum Gasteiger partial charge on any atom is -0.321 e. The van der Waals surface area contributed by atoms with E-state index in [9.17, 15) is 4.79 Å². The number of carbonyl (C=O) groups excluding carboxylic acids is 1. The van der Waals surface area contributed by atoms with Crippen LogP contribution in [0.2, 0.25) is 10.0 Å². The molecule has 1 aromatic carbocycles. The fourth-order valence-electron chi connectivity index (χ4n) is 1.86. The number of anilines is 1. The Morgan fingerprint density at radius 2 is 2.00 bits per heavy atom. The normalized spacial score (nSPS) is 10.6. The summed E-state index contributed by atoms with van der Waals surface area (Å²) in [6.45, 7) is 0.438. The molecular weight excluding hydrogens is 325 g/mol. The first kappa shape index (κ1) is 14.6. The van der Waals surface area contributed by atoms with Crippen molar-refractivity contribution < 1.29 is 4.79 Å². The van der Waals surface area contributed by atoms with Gasteiger partial charge in [0.2, 0.25) is 0 Å². The van der Waals surface area contributed by atoms with Gasteiger partial charge in [-0.05, 0) is 30.3 Å². The van der Waals surface area contributed by atoms with Crippen LogP contribution >= 0.6 is 23.2 Å². The Balaban J connectivity index is 1.69. The fourth-order valence-corrected chi connectivity index (χ4v) is 2.16. The molecule has 2 aromatic heterocycles. The van der Waals surface area contributed by atoms with Gasteiger partial charge in [-0.25, -0.2) is 0 Å². The van der Waals surface area contributed by atoms with E-state index >= 15 is 0 Å². The Labute approximate surface area is 136 Å². The van der Waals surface area contributed by atoms with Gasteiger partial charge in [0.25, 0.3) is 5.91 Å². The third kappa shape index (κ3) is 3.29. The Bertz CT molecular complexity index is 797. The van der Waals surface area contributed by atoms with Crippen molar-refractivity contribution in [1.82, 2.24) is 19.6 Å². The lowest BCUT2D eigenvalue weighted by Gasteiger charge is -2.05. The van der Waals surface area contributed by atoms with Crippen molar-refractivity contribution in [3.8, 4) is 0 Å². The molecule has 0 fully saturated rings. The molecule has 112 valence electrons. The summed E-state index contributed by atoms with van der Waals surface area (Å²) in [5.41, 5.74) is 0.860. The molecule has 1 amide bonds. The average molecular weight is 336 g/mol. The highest BCUT2D eigenvalue weighted by Crippen LogP contribution is 2.25. The Kier molecular flexibility index (Phi) is 4.13. The molecule has 0 saturated carbocycles. The summed E-state index contributed by atoms with van der Waals surface area (Å²) < 4.78 is 3.32. The maximum Gasteiger partial charge on any atom is 0.276 e. The highest BCUT2D eigenvalue weighted by Gasteiger charge is 2.11. The number of nitrogens with one attached hydrogen (secondary N) is 1. The maximum atomic E-state index is 12.1. The van der Waals surface area contributed by atoms with Crippen molar-refractivity contribution in [3.63, 3.8) is 0 Å². The van der Waals surface area contributed by atoms with Crippen LogP contribution in [-0.2, 0) is 6.67 Å². The quantitative estimate of drug-likeness (QED) is 0.796. The first-order chi connectivity index (χ1) is 10.6. The van der Waals surface area contributed by atoms with E-state index in [2.05, 4.69) is 15.5 Å². The minimum absolute atomic E-state index is 0.304. The lowest BCUT2D eigenvalue weighted by atomic mass is 10.3. The summed E-state index contributed by atoms with van der Waals surface area (Å²) >= 11 is 11.8. The molecule has 0 bridgehead atoms. The number of rotatable bonds is 4. The van der Waals surface area contributed by atoms with Crippen molar-refractivity contribution in [2.24, 2.45) is 0 Å². The smallest absolute Gasteiger partial charge is 0.276 e. The zero-order valence-electron chi connectivity index (χ0n) is 11.3. The van der Waals surface area contributed by atoms with Crippen LogP contribution in [0, 0.1) is 0 Å². The van der Waals surface area contributed by atoms with Gasteiger partial charge in [-0.2, -0.15) is 10.2 Å². The first-order valence-electron chi connectivity index (χ1n) is 6.39. The summed E-state index contributed by atoms with van der Waals surface area (Å²) in [6, 6.07) is 8.34. The van der Waals surface area contributed by atoms with Crippen LogP contribution in [0.1, 0.15) is 10.5 Å². The summed E-state index contributed by atoms with van der Waals surface area (Å²) in [5.74, 6) is -0.322. The molecule has 1 N–H and O–H groups in total. The number of hydrogen-bond donors (Lipinski definition) is 1. The third-order valence-electron chi connectivity index (χ3n) is 2.90. The fraction of sp³-hybridized carbons (Fsp3) is 0.0714. The summed E-state index contributed by atoms with van der Waals surface area (Å²) in [5, 5.41) is 11.8. The molecule has 0 aliphatic carbocycles. The van der Waals surface area contributed by atoms with Gasteiger partial charge in [0.1, 0.15) is 6.67 Å². The van der Waals surface area contributed by atoms with Crippen LogP contribution in [0.3, 0.4) is 0 Å². The van der Waals surface area contributed by atoms with Crippen LogP contribution < -0.4 is 5.32 Å². The molecule has 0 radical (unpaired) electrons. The number of halogens is 2. The molecular formula is C14H11Cl2N5O. The molecule has 0 aliphatic rings. The van der Waals surface area contributed by atoms with Gasteiger partial charge in [0, 0.05) is 24.3 Å². The third-order valence-corrected chi connectivity index (χ3v) is 3.64. The second-order valence-electron chi connectivity index (χ2n) is 4.51. The molecule has 0 unspecified atom stereocenters. The Morgan fingerprint density at radius 1 is 1.14 bits per heavy atom. The molecule has 6 nitrogen and oxygen atoms in total. The predicted octanol–water partition coefficient (Wildman–Crippen LogP) is 3.14. The zero-order valence-corrected chi connectivity index (χ0v) is 12.8. The van der Waals surface area contributed by atoms with Crippen LogP contribution in [0.15, 0.2) is 48.9 Å². The highest BCUT2D eigenvalue weighted by molar-refractivity contribution is 6.42. The average Bonchev–Trinajstić information content (AvgIpc) is 3.15. The van der Waals surface area contributed by atoms with Gasteiger partial charge in [-0.3, -0.25) is 14.2 Å². The topological polar surface area (TPSA) is 64.7 Å². The number of nitrogens with zero attached hydrogens (tertiary/aromatic N) is 4. The molecule has 0 spiro atoms. The van der Waals surface area contributed by atoms with Gasteiger partial charge < -0.3 is 5.32 Å². The van der Waals surface area contributed by atoms with E-state index in [1.807, 2.05) is 12.3 Å². The minimum atomic E-state index is -0.322. The molecule has 0 aliphatic heterocycles. The molecule has 0 saturated heterocycles. The molecule has 2 heterocycles. The van der Waals surface area contributed by atoms with Gasteiger partial charge in [-0.15, -0.1) is 0 Å². The lowest BCUT2D eigenvalue weighted by molar-refractivity contribution is 0.102. The van der Waals surface area contributed by atoms with Gasteiger partial charge in [0.05, 0.1) is 10.0 Å².